The third kappa shape index (κ3) is 3.97. The SMILES string of the molecule is CC[C@H](NC)OC(C)=O. The lowest BCUT2D eigenvalue weighted by atomic mass is 10.4. The summed E-state index contributed by atoms with van der Waals surface area (Å²) in [6, 6.07) is 0. The summed E-state index contributed by atoms with van der Waals surface area (Å²) in [5.41, 5.74) is 0. The van der Waals surface area contributed by atoms with Gasteiger partial charge in [0.1, 0.15) is 0 Å². The molecule has 9 heavy (non-hydrogen) atoms. The lowest BCUT2D eigenvalue weighted by Gasteiger charge is -2.12. The van der Waals surface area contributed by atoms with Gasteiger partial charge in [0.25, 0.3) is 0 Å². The molecule has 1 N–H and O–H groups in total. The van der Waals surface area contributed by atoms with E-state index in [1.54, 1.807) is 7.05 Å². The Morgan fingerprint density at radius 3 is 2.44 bits per heavy atom. The van der Waals surface area contributed by atoms with Crippen LogP contribution in [0.15, 0.2) is 0 Å². The minimum Gasteiger partial charge on any atom is -0.447 e. The second kappa shape index (κ2) is 4.32. The number of hydrogen-bond donors (Lipinski definition) is 1. The molecule has 0 rings (SSSR count). The fourth-order valence-corrected chi connectivity index (χ4v) is 0.547. The quantitative estimate of drug-likeness (QED) is 0.448. The van der Waals surface area contributed by atoms with Crippen LogP contribution >= 0.6 is 0 Å². The molecule has 0 fully saturated rings. The summed E-state index contributed by atoms with van der Waals surface area (Å²) in [4.78, 5) is 10.3. The topological polar surface area (TPSA) is 38.3 Å². The van der Waals surface area contributed by atoms with Gasteiger partial charge < -0.3 is 4.74 Å². The number of carbonyl (C=O) groups excluding carboxylic acids is 1. The zero-order chi connectivity index (χ0) is 7.28. The number of esters is 1. The minimum absolute atomic E-state index is 0.123. The molecular formula is C6H13NO2. The van der Waals surface area contributed by atoms with Gasteiger partial charge in [-0.3, -0.25) is 10.1 Å². The van der Waals surface area contributed by atoms with E-state index in [1.165, 1.54) is 6.92 Å². The average molecular weight is 131 g/mol. The number of rotatable bonds is 3. The zero-order valence-corrected chi connectivity index (χ0v) is 6.10. The number of nitrogens with one attached hydrogen (secondary N) is 1. The van der Waals surface area contributed by atoms with E-state index in [0.29, 0.717) is 0 Å². The van der Waals surface area contributed by atoms with Crippen LogP contribution in [-0.4, -0.2) is 19.2 Å². The maximum atomic E-state index is 10.3. The third-order valence-corrected chi connectivity index (χ3v) is 1.00. The maximum Gasteiger partial charge on any atom is 0.304 e. The Morgan fingerprint density at radius 1 is 1.78 bits per heavy atom. The Balaban J connectivity index is 3.43. The Kier molecular flexibility index (Phi) is 4.05. The largest absolute Gasteiger partial charge is 0.447 e. The van der Waals surface area contributed by atoms with Gasteiger partial charge in [-0.15, -0.1) is 0 Å². The highest BCUT2D eigenvalue weighted by atomic mass is 16.6. The molecule has 3 nitrogen and oxygen atoms in total. The van der Waals surface area contributed by atoms with E-state index in [9.17, 15) is 4.79 Å². The van der Waals surface area contributed by atoms with Crippen molar-refractivity contribution in [3.05, 3.63) is 0 Å². The molecule has 0 aliphatic carbocycles. The molecule has 0 saturated heterocycles. The molecule has 0 aromatic rings. The molecule has 0 unspecified atom stereocenters. The van der Waals surface area contributed by atoms with Crippen molar-refractivity contribution in [2.75, 3.05) is 7.05 Å². The predicted octanol–water partition coefficient (Wildman–Crippen LogP) is 0.505. The smallest absolute Gasteiger partial charge is 0.304 e. The van der Waals surface area contributed by atoms with Crippen LogP contribution in [0.3, 0.4) is 0 Å². The van der Waals surface area contributed by atoms with Crippen LogP contribution < -0.4 is 5.32 Å². The van der Waals surface area contributed by atoms with E-state index >= 15 is 0 Å². The monoisotopic (exact) mass is 131 g/mol. The molecule has 0 aromatic heterocycles. The molecule has 0 aliphatic rings. The Bertz CT molecular complexity index is 89.1. The first kappa shape index (κ1) is 8.43. The van der Waals surface area contributed by atoms with E-state index in [-0.39, 0.29) is 12.2 Å². The van der Waals surface area contributed by atoms with Gasteiger partial charge in [0, 0.05) is 6.92 Å². The van der Waals surface area contributed by atoms with Crippen molar-refractivity contribution in [2.45, 2.75) is 26.5 Å². The van der Waals surface area contributed by atoms with Crippen LogP contribution in [0.5, 0.6) is 0 Å². The highest BCUT2D eigenvalue weighted by molar-refractivity contribution is 5.66. The molecule has 0 saturated carbocycles. The van der Waals surface area contributed by atoms with Crippen molar-refractivity contribution >= 4 is 5.97 Å². The highest BCUT2D eigenvalue weighted by Gasteiger charge is 2.03. The van der Waals surface area contributed by atoms with Crippen molar-refractivity contribution in [3.8, 4) is 0 Å². The Morgan fingerprint density at radius 2 is 2.33 bits per heavy atom. The molecule has 0 radical (unpaired) electrons. The van der Waals surface area contributed by atoms with Gasteiger partial charge in [0.05, 0.1) is 0 Å². The van der Waals surface area contributed by atoms with E-state index < -0.39 is 0 Å². The van der Waals surface area contributed by atoms with Crippen molar-refractivity contribution in [2.24, 2.45) is 0 Å². The van der Waals surface area contributed by atoms with Gasteiger partial charge in [-0.1, -0.05) is 6.92 Å². The summed E-state index contributed by atoms with van der Waals surface area (Å²) in [7, 11) is 1.76. The molecule has 1 atom stereocenters. The standard InChI is InChI=1S/C6H13NO2/c1-4-6(7-3)9-5(2)8/h6-7H,4H2,1-3H3/t6-/m1/s1. The fraction of sp³-hybridized carbons (Fsp3) is 0.833. The summed E-state index contributed by atoms with van der Waals surface area (Å²) in [6.07, 6.45) is 0.679. The van der Waals surface area contributed by atoms with E-state index in [0.717, 1.165) is 6.42 Å². The second-order valence-corrected chi connectivity index (χ2v) is 1.79. The average Bonchev–Trinajstić information content (AvgIpc) is 1.82. The van der Waals surface area contributed by atoms with Crippen LogP contribution in [0.1, 0.15) is 20.3 Å². The molecule has 3 heteroatoms. The highest BCUT2D eigenvalue weighted by Crippen LogP contribution is 1.91. The van der Waals surface area contributed by atoms with E-state index in [2.05, 4.69) is 5.32 Å². The summed E-state index contributed by atoms with van der Waals surface area (Å²) in [5, 5.41) is 2.84. The molecule has 0 amide bonds. The molecule has 0 spiro atoms. The fourth-order valence-electron chi connectivity index (χ4n) is 0.547. The molecule has 0 aromatic carbocycles. The van der Waals surface area contributed by atoms with Gasteiger partial charge >= 0.3 is 5.97 Å². The third-order valence-electron chi connectivity index (χ3n) is 1.00. The molecule has 0 aliphatic heterocycles. The van der Waals surface area contributed by atoms with Crippen LogP contribution in [0.4, 0.5) is 0 Å². The molecule has 0 heterocycles. The Labute approximate surface area is 55.4 Å². The van der Waals surface area contributed by atoms with Crippen LogP contribution in [0, 0.1) is 0 Å². The normalized spacial score (nSPS) is 12.8. The van der Waals surface area contributed by atoms with Crippen LogP contribution in [0.25, 0.3) is 0 Å². The van der Waals surface area contributed by atoms with Gasteiger partial charge in [-0.2, -0.15) is 0 Å². The summed E-state index contributed by atoms with van der Waals surface area (Å²) >= 11 is 0. The first-order chi connectivity index (χ1) is 4.20. The Hall–Kier alpha value is -0.570. The van der Waals surface area contributed by atoms with E-state index in [4.69, 9.17) is 4.74 Å². The molecule has 54 valence electrons. The number of ether oxygens (including phenoxy) is 1. The number of hydrogen-bond acceptors (Lipinski definition) is 3. The second-order valence-electron chi connectivity index (χ2n) is 1.79. The summed E-state index contributed by atoms with van der Waals surface area (Å²) < 4.78 is 4.80. The number of carbonyl (C=O) groups is 1. The predicted molar refractivity (Wildman–Crippen MR) is 34.9 cm³/mol. The van der Waals surface area contributed by atoms with Crippen molar-refractivity contribution < 1.29 is 9.53 Å². The van der Waals surface area contributed by atoms with Crippen molar-refractivity contribution in [3.63, 3.8) is 0 Å². The maximum absolute atomic E-state index is 10.3. The van der Waals surface area contributed by atoms with Crippen molar-refractivity contribution in [1.29, 1.82) is 0 Å². The summed E-state index contributed by atoms with van der Waals surface area (Å²) in [6.45, 7) is 3.35. The summed E-state index contributed by atoms with van der Waals surface area (Å²) in [5.74, 6) is -0.240. The van der Waals surface area contributed by atoms with Crippen LogP contribution in [-0.2, 0) is 9.53 Å². The first-order valence-electron chi connectivity index (χ1n) is 3.05. The first-order valence-corrected chi connectivity index (χ1v) is 3.05. The van der Waals surface area contributed by atoms with Gasteiger partial charge in [-0.05, 0) is 13.5 Å². The molecular weight excluding hydrogens is 118 g/mol. The van der Waals surface area contributed by atoms with E-state index in [1.807, 2.05) is 6.92 Å². The van der Waals surface area contributed by atoms with Crippen molar-refractivity contribution in [1.82, 2.24) is 5.32 Å². The lowest BCUT2D eigenvalue weighted by Crippen LogP contribution is -2.29. The van der Waals surface area contributed by atoms with Gasteiger partial charge in [0.15, 0.2) is 6.23 Å². The molecule has 0 bridgehead atoms. The van der Waals surface area contributed by atoms with Crippen LogP contribution in [0.2, 0.25) is 0 Å². The minimum atomic E-state index is -0.240. The van der Waals surface area contributed by atoms with Gasteiger partial charge in [-0.25, -0.2) is 0 Å². The van der Waals surface area contributed by atoms with Gasteiger partial charge in [0.2, 0.25) is 0 Å². The zero-order valence-electron chi connectivity index (χ0n) is 6.10. The lowest BCUT2D eigenvalue weighted by molar-refractivity contribution is -0.147.